The van der Waals surface area contributed by atoms with Gasteiger partial charge in [0.05, 0.1) is 10.9 Å². The predicted octanol–water partition coefficient (Wildman–Crippen LogP) is 2.94. The first kappa shape index (κ1) is 15.9. The van der Waals surface area contributed by atoms with Gasteiger partial charge in [0.1, 0.15) is 5.82 Å². The number of fused-ring (bicyclic) bond motifs is 1. The van der Waals surface area contributed by atoms with E-state index in [0.29, 0.717) is 11.2 Å². The van der Waals surface area contributed by atoms with Gasteiger partial charge in [-0.2, -0.15) is 5.10 Å². The Morgan fingerprint density at radius 2 is 1.88 bits per heavy atom. The molecule has 0 bridgehead atoms. The van der Waals surface area contributed by atoms with E-state index in [0.717, 1.165) is 17.2 Å². The Hall–Kier alpha value is -3.02. The number of anilines is 1. The lowest BCUT2D eigenvalue weighted by atomic mass is 10.1. The van der Waals surface area contributed by atoms with Crippen LogP contribution < -0.4 is 10.7 Å². The Morgan fingerprint density at radius 1 is 1.12 bits per heavy atom. The molecule has 0 spiro atoms. The van der Waals surface area contributed by atoms with Crippen molar-refractivity contribution in [1.29, 1.82) is 0 Å². The number of aromatic nitrogens is 2. The summed E-state index contributed by atoms with van der Waals surface area (Å²) in [6.45, 7) is 3.90. The Kier molecular flexibility index (Phi) is 3.89. The van der Waals surface area contributed by atoms with Crippen molar-refractivity contribution in [3.63, 3.8) is 0 Å². The van der Waals surface area contributed by atoms with Gasteiger partial charge in [-0.25, -0.2) is 4.39 Å². The number of nitrogens with zero attached hydrogens (tertiary/aromatic N) is 2. The lowest BCUT2D eigenvalue weighted by Crippen LogP contribution is -2.26. The van der Waals surface area contributed by atoms with Gasteiger partial charge in [-0.05, 0) is 55.3 Å². The number of nitrogens with one attached hydrogen (secondary N) is 1. The molecule has 6 heteroatoms. The molecule has 1 amide bonds. The molecule has 1 N–H and O–H groups in total. The van der Waals surface area contributed by atoms with E-state index < -0.39 is 17.2 Å². The molecule has 1 aromatic heterocycles. The molecular formula is C18H16FN3O2. The molecule has 2 aromatic carbocycles. The Morgan fingerprint density at radius 3 is 2.58 bits per heavy atom. The van der Waals surface area contributed by atoms with Gasteiger partial charge in [0.2, 0.25) is 5.43 Å². The van der Waals surface area contributed by atoms with E-state index in [-0.39, 0.29) is 11.1 Å². The van der Waals surface area contributed by atoms with Gasteiger partial charge in [0, 0.05) is 12.7 Å². The Labute approximate surface area is 137 Å². The summed E-state index contributed by atoms with van der Waals surface area (Å²) in [6.07, 6.45) is 0. The van der Waals surface area contributed by atoms with Crippen molar-refractivity contribution in [3.05, 3.63) is 69.3 Å². The standard InChI is InChI=1S/C18H16FN3O2/c1-10-4-6-13(8-11(10)2)20-18(24)16-17(23)14-9-12(19)5-7-15(14)22(3)21-16/h4-9H,1-3H3,(H,20,24). The fraction of sp³-hybridized carbons (Fsp3) is 0.167. The fourth-order valence-electron chi connectivity index (χ4n) is 2.51. The van der Waals surface area contributed by atoms with Gasteiger partial charge >= 0.3 is 0 Å². The third-order valence-electron chi connectivity index (χ3n) is 4.00. The van der Waals surface area contributed by atoms with Crippen molar-refractivity contribution in [3.8, 4) is 0 Å². The lowest BCUT2D eigenvalue weighted by Gasteiger charge is -2.09. The maximum atomic E-state index is 13.4. The number of amides is 1. The van der Waals surface area contributed by atoms with E-state index in [1.54, 1.807) is 13.1 Å². The second kappa shape index (κ2) is 5.88. The fourth-order valence-corrected chi connectivity index (χ4v) is 2.51. The quantitative estimate of drug-likeness (QED) is 0.788. The highest BCUT2D eigenvalue weighted by Crippen LogP contribution is 2.15. The van der Waals surface area contributed by atoms with Crippen molar-refractivity contribution >= 4 is 22.5 Å². The van der Waals surface area contributed by atoms with Crippen molar-refractivity contribution < 1.29 is 9.18 Å². The highest BCUT2D eigenvalue weighted by Gasteiger charge is 2.17. The lowest BCUT2D eigenvalue weighted by molar-refractivity contribution is 0.101. The van der Waals surface area contributed by atoms with E-state index in [1.165, 1.54) is 16.8 Å². The monoisotopic (exact) mass is 325 g/mol. The van der Waals surface area contributed by atoms with Crippen molar-refractivity contribution in [1.82, 2.24) is 9.78 Å². The van der Waals surface area contributed by atoms with Gasteiger partial charge in [-0.3, -0.25) is 14.3 Å². The minimum Gasteiger partial charge on any atom is -0.320 e. The van der Waals surface area contributed by atoms with E-state index in [2.05, 4.69) is 10.4 Å². The summed E-state index contributed by atoms with van der Waals surface area (Å²) in [5.74, 6) is -1.16. The van der Waals surface area contributed by atoms with Crippen molar-refractivity contribution in [2.45, 2.75) is 13.8 Å². The molecule has 0 unspecified atom stereocenters. The molecule has 0 aliphatic carbocycles. The van der Waals surface area contributed by atoms with Crippen LogP contribution in [0.4, 0.5) is 10.1 Å². The Balaban J connectivity index is 2.05. The summed E-state index contributed by atoms with van der Waals surface area (Å²) >= 11 is 0. The summed E-state index contributed by atoms with van der Waals surface area (Å²) in [5, 5.41) is 6.82. The van der Waals surface area contributed by atoms with Crippen molar-refractivity contribution in [2.75, 3.05) is 5.32 Å². The van der Waals surface area contributed by atoms with E-state index in [4.69, 9.17) is 0 Å². The predicted molar refractivity (Wildman–Crippen MR) is 90.8 cm³/mol. The number of aryl methyl sites for hydroxylation is 3. The molecule has 0 fully saturated rings. The molecule has 122 valence electrons. The van der Waals surface area contributed by atoms with Crippen LogP contribution in [0.2, 0.25) is 0 Å². The number of carbonyl (C=O) groups is 1. The highest BCUT2D eigenvalue weighted by molar-refractivity contribution is 6.04. The molecule has 0 aliphatic heterocycles. The number of carbonyl (C=O) groups excluding carboxylic acids is 1. The molecule has 0 radical (unpaired) electrons. The molecule has 24 heavy (non-hydrogen) atoms. The topological polar surface area (TPSA) is 64.0 Å². The summed E-state index contributed by atoms with van der Waals surface area (Å²) in [4.78, 5) is 24.9. The van der Waals surface area contributed by atoms with E-state index in [1.807, 2.05) is 26.0 Å². The first-order valence-electron chi connectivity index (χ1n) is 7.42. The average Bonchev–Trinajstić information content (AvgIpc) is 2.54. The molecule has 1 heterocycles. The summed E-state index contributed by atoms with van der Waals surface area (Å²) < 4.78 is 14.8. The summed E-state index contributed by atoms with van der Waals surface area (Å²) in [6, 6.07) is 9.28. The number of hydrogen-bond acceptors (Lipinski definition) is 3. The van der Waals surface area contributed by atoms with Crippen LogP contribution in [-0.4, -0.2) is 15.7 Å². The molecule has 0 atom stereocenters. The Bertz CT molecular complexity index is 1020. The number of benzene rings is 2. The number of halogens is 1. The van der Waals surface area contributed by atoms with E-state index >= 15 is 0 Å². The zero-order chi connectivity index (χ0) is 17.4. The zero-order valence-corrected chi connectivity index (χ0v) is 13.6. The highest BCUT2D eigenvalue weighted by atomic mass is 19.1. The first-order valence-corrected chi connectivity index (χ1v) is 7.42. The third-order valence-corrected chi connectivity index (χ3v) is 4.00. The van der Waals surface area contributed by atoms with E-state index in [9.17, 15) is 14.0 Å². The second-order valence-corrected chi connectivity index (χ2v) is 5.72. The minimum absolute atomic E-state index is 0.123. The molecule has 3 aromatic rings. The minimum atomic E-state index is -0.620. The van der Waals surface area contributed by atoms with Crippen LogP contribution >= 0.6 is 0 Å². The molecule has 0 saturated heterocycles. The molecular weight excluding hydrogens is 309 g/mol. The second-order valence-electron chi connectivity index (χ2n) is 5.72. The van der Waals surface area contributed by atoms with Gasteiger partial charge in [-0.1, -0.05) is 6.07 Å². The van der Waals surface area contributed by atoms with Crippen LogP contribution in [0.25, 0.3) is 10.9 Å². The normalized spacial score (nSPS) is 10.8. The zero-order valence-electron chi connectivity index (χ0n) is 13.6. The first-order chi connectivity index (χ1) is 11.4. The smallest absolute Gasteiger partial charge is 0.280 e. The number of hydrogen-bond donors (Lipinski definition) is 1. The van der Waals surface area contributed by atoms with Gasteiger partial charge in [0.25, 0.3) is 5.91 Å². The van der Waals surface area contributed by atoms with Crippen LogP contribution in [0.15, 0.2) is 41.2 Å². The molecule has 5 nitrogen and oxygen atoms in total. The molecule has 0 aliphatic rings. The summed E-state index contributed by atoms with van der Waals surface area (Å²) in [5.41, 5.74) is 2.30. The van der Waals surface area contributed by atoms with Crippen LogP contribution in [-0.2, 0) is 7.05 Å². The van der Waals surface area contributed by atoms with Crippen molar-refractivity contribution in [2.24, 2.45) is 7.05 Å². The van der Waals surface area contributed by atoms with Gasteiger partial charge in [-0.15, -0.1) is 0 Å². The maximum Gasteiger partial charge on any atom is 0.280 e. The van der Waals surface area contributed by atoms with Gasteiger partial charge < -0.3 is 5.32 Å². The summed E-state index contributed by atoms with van der Waals surface area (Å²) in [7, 11) is 1.60. The third kappa shape index (κ3) is 2.78. The molecule has 3 rings (SSSR count). The average molecular weight is 325 g/mol. The molecule has 0 saturated carbocycles. The van der Waals surface area contributed by atoms with Crippen LogP contribution in [0.1, 0.15) is 21.6 Å². The SMILES string of the molecule is Cc1ccc(NC(=O)c2nn(C)c3ccc(F)cc3c2=O)cc1C. The van der Waals surface area contributed by atoms with Crippen LogP contribution in [0.3, 0.4) is 0 Å². The van der Waals surface area contributed by atoms with Crippen LogP contribution in [0, 0.1) is 19.7 Å². The number of rotatable bonds is 2. The maximum absolute atomic E-state index is 13.4. The van der Waals surface area contributed by atoms with Gasteiger partial charge in [0.15, 0.2) is 5.69 Å². The van der Waals surface area contributed by atoms with Crippen LogP contribution in [0.5, 0.6) is 0 Å². The largest absolute Gasteiger partial charge is 0.320 e.